The van der Waals surface area contributed by atoms with E-state index in [0.29, 0.717) is 11.8 Å². The highest BCUT2D eigenvalue weighted by molar-refractivity contribution is 8.24. The summed E-state index contributed by atoms with van der Waals surface area (Å²) in [4.78, 5) is 0. The van der Waals surface area contributed by atoms with E-state index in [1.165, 1.54) is 30.5 Å². The van der Waals surface area contributed by atoms with Crippen LogP contribution in [0.15, 0.2) is 60.7 Å². The maximum absolute atomic E-state index is 12.3. The quantitative estimate of drug-likeness (QED) is 0.688. The molecule has 0 aliphatic rings. The minimum Gasteiger partial charge on any atom is -0.381 e. The van der Waals surface area contributed by atoms with Gasteiger partial charge >= 0.3 is 20.2 Å². The number of para-hydroxylation sites is 2. The molecule has 9 heteroatoms. The monoisotopic (exact) mass is 374 g/mol. The lowest BCUT2D eigenvalue weighted by atomic mass is 10.3. The van der Waals surface area contributed by atoms with Crippen molar-refractivity contribution < 1.29 is 25.2 Å². The van der Waals surface area contributed by atoms with Gasteiger partial charge < -0.3 is 8.37 Å². The average molecular weight is 374 g/mol. The lowest BCUT2D eigenvalue weighted by Gasteiger charge is -2.16. The summed E-state index contributed by atoms with van der Waals surface area (Å²) in [5.41, 5.74) is 0. The highest BCUT2D eigenvalue weighted by Gasteiger charge is 2.41. The van der Waals surface area contributed by atoms with E-state index in [1.54, 1.807) is 36.4 Å². The third-order valence-corrected chi connectivity index (χ3v) is 8.74. The Labute approximate surface area is 139 Å². The summed E-state index contributed by atoms with van der Waals surface area (Å²) in [7, 11) is -8.91. The van der Waals surface area contributed by atoms with Crippen molar-refractivity contribution in [2.75, 3.05) is 6.26 Å². The topological polar surface area (TPSA) is 86.7 Å². The van der Waals surface area contributed by atoms with Gasteiger partial charge in [-0.3, -0.25) is 0 Å². The molecular formula is C14H14O6S3. The molecule has 2 aromatic carbocycles. The van der Waals surface area contributed by atoms with Gasteiger partial charge in [-0.25, -0.2) is 0 Å². The molecule has 0 heterocycles. The van der Waals surface area contributed by atoms with Crippen LogP contribution >= 0.6 is 11.8 Å². The fourth-order valence-corrected chi connectivity index (χ4v) is 6.11. The molecule has 0 amide bonds. The van der Waals surface area contributed by atoms with Crippen molar-refractivity contribution in [3.05, 3.63) is 60.7 Å². The minimum atomic E-state index is -4.45. The SMILES string of the molecule is CSC(S(=O)(=O)Oc1ccccc1)S(=O)(=O)Oc1ccccc1. The molecule has 2 aromatic rings. The maximum atomic E-state index is 12.3. The fourth-order valence-electron chi connectivity index (χ4n) is 1.68. The summed E-state index contributed by atoms with van der Waals surface area (Å²) < 4.78 is 56.9. The Morgan fingerprint density at radius 1 is 0.739 bits per heavy atom. The van der Waals surface area contributed by atoms with Crippen molar-refractivity contribution in [3.63, 3.8) is 0 Å². The molecule has 0 saturated heterocycles. The number of hydrogen-bond donors (Lipinski definition) is 0. The third-order valence-electron chi connectivity index (χ3n) is 2.58. The Hall–Kier alpha value is -1.71. The van der Waals surface area contributed by atoms with Crippen LogP contribution in [-0.2, 0) is 20.2 Å². The molecule has 0 radical (unpaired) electrons. The van der Waals surface area contributed by atoms with Gasteiger partial charge in [-0.05, 0) is 30.5 Å². The third kappa shape index (κ3) is 4.63. The Balaban J connectivity index is 2.26. The second-order valence-electron chi connectivity index (χ2n) is 4.30. The van der Waals surface area contributed by atoms with E-state index in [-0.39, 0.29) is 11.5 Å². The van der Waals surface area contributed by atoms with Crippen LogP contribution in [0.2, 0.25) is 0 Å². The zero-order valence-electron chi connectivity index (χ0n) is 12.0. The zero-order chi connectivity index (χ0) is 16.9. The van der Waals surface area contributed by atoms with Gasteiger partial charge in [-0.15, -0.1) is 11.8 Å². The van der Waals surface area contributed by atoms with Crippen molar-refractivity contribution in [2.45, 2.75) is 3.91 Å². The van der Waals surface area contributed by atoms with Gasteiger partial charge in [-0.1, -0.05) is 36.4 Å². The first-order chi connectivity index (χ1) is 10.8. The van der Waals surface area contributed by atoms with E-state index in [1.807, 2.05) is 0 Å². The normalized spacial score (nSPS) is 12.1. The Bertz CT molecular complexity index is 761. The maximum Gasteiger partial charge on any atom is 0.340 e. The number of thioether (sulfide) groups is 1. The largest absolute Gasteiger partial charge is 0.381 e. The van der Waals surface area contributed by atoms with E-state index < -0.39 is 24.2 Å². The lowest BCUT2D eigenvalue weighted by Crippen LogP contribution is -2.33. The van der Waals surface area contributed by atoms with Crippen LogP contribution in [0, 0.1) is 0 Å². The molecule has 0 fully saturated rings. The van der Waals surface area contributed by atoms with E-state index in [0.717, 1.165) is 0 Å². The van der Waals surface area contributed by atoms with Gasteiger partial charge in [0.25, 0.3) is 3.91 Å². The number of benzene rings is 2. The van der Waals surface area contributed by atoms with E-state index in [4.69, 9.17) is 8.37 Å². The van der Waals surface area contributed by atoms with Crippen LogP contribution in [0.3, 0.4) is 0 Å². The first-order valence-corrected chi connectivity index (χ1v) is 10.6. The molecule has 2 rings (SSSR count). The molecule has 0 aliphatic heterocycles. The van der Waals surface area contributed by atoms with E-state index in [9.17, 15) is 16.8 Å². The molecule has 0 bridgehead atoms. The minimum absolute atomic E-state index is 0.0291. The Morgan fingerprint density at radius 3 is 1.39 bits per heavy atom. The molecule has 0 aliphatic carbocycles. The van der Waals surface area contributed by atoms with Crippen molar-refractivity contribution in [3.8, 4) is 11.5 Å². The van der Waals surface area contributed by atoms with Crippen LogP contribution < -0.4 is 8.37 Å². The van der Waals surface area contributed by atoms with E-state index in [2.05, 4.69) is 0 Å². The molecule has 0 N–H and O–H groups in total. The summed E-state index contributed by atoms with van der Waals surface area (Å²) in [6, 6.07) is 15.3. The molecular weight excluding hydrogens is 360 g/mol. The molecule has 6 nitrogen and oxygen atoms in total. The van der Waals surface area contributed by atoms with Crippen LogP contribution in [0.25, 0.3) is 0 Å². The van der Waals surface area contributed by atoms with Gasteiger partial charge in [0, 0.05) is 0 Å². The van der Waals surface area contributed by atoms with Gasteiger partial charge in [0.2, 0.25) is 0 Å². The lowest BCUT2D eigenvalue weighted by molar-refractivity contribution is 0.471. The predicted octanol–water partition coefficient (Wildman–Crippen LogP) is 2.45. The predicted molar refractivity (Wildman–Crippen MR) is 89.3 cm³/mol. The summed E-state index contributed by atoms with van der Waals surface area (Å²) in [5.74, 6) is 0.0583. The summed E-state index contributed by atoms with van der Waals surface area (Å²) in [6.07, 6.45) is 1.35. The highest BCUT2D eigenvalue weighted by atomic mass is 32.3. The van der Waals surface area contributed by atoms with Crippen molar-refractivity contribution in [1.29, 1.82) is 0 Å². The van der Waals surface area contributed by atoms with Crippen LogP contribution in [0.1, 0.15) is 0 Å². The molecule has 124 valence electrons. The molecule has 0 atom stereocenters. The molecule has 23 heavy (non-hydrogen) atoms. The Kier molecular flexibility index (Phi) is 5.55. The summed E-state index contributed by atoms with van der Waals surface area (Å²) >= 11 is 0.596. The second-order valence-corrected chi connectivity index (χ2v) is 9.39. The molecule has 0 spiro atoms. The standard InChI is InChI=1S/C14H14O6S3/c1-21-14(22(15,16)19-12-8-4-2-5-9-12)23(17,18)20-13-10-6-3-7-11-13/h2-11,14H,1H3. The van der Waals surface area contributed by atoms with Gasteiger partial charge in [0.05, 0.1) is 0 Å². The average Bonchev–Trinajstić information content (AvgIpc) is 2.48. The van der Waals surface area contributed by atoms with Crippen molar-refractivity contribution in [2.24, 2.45) is 0 Å². The second kappa shape index (κ2) is 7.24. The van der Waals surface area contributed by atoms with Gasteiger partial charge in [-0.2, -0.15) is 16.8 Å². The van der Waals surface area contributed by atoms with Crippen molar-refractivity contribution >= 4 is 32.0 Å². The zero-order valence-corrected chi connectivity index (χ0v) is 14.5. The van der Waals surface area contributed by atoms with Crippen LogP contribution in [0.4, 0.5) is 0 Å². The summed E-state index contributed by atoms with van der Waals surface area (Å²) in [6.45, 7) is 0. The van der Waals surface area contributed by atoms with Crippen LogP contribution in [-0.4, -0.2) is 27.0 Å². The molecule has 0 unspecified atom stereocenters. The first kappa shape index (κ1) is 17.6. The smallest absolute Gasteiger partial charge is 0.340 e. The fraction of sp³-hybridized carbons (Fsp3) is 0.143. The van der Waals surface area contributed by atoms with E-state index >= 15 is 0 Å². The van der Waals surface area contributed by atoms with Gasteiger partial charge in [0.15, 0.2) is 0 Å². The summed E-state index contributed by atoms with van der Waals surface area (Å²) in [5, 5.41) is 0. The highest BCUT2D eigenvalue weighted by Crippen LogP contribution is 2.27. The molecule has 0 aromatic heterocycles. The number of rotatable bonds is 7. The number of hydrogen-bond acceptors (Lipinski definition) is 7. The van der Waals surface area contributed by atoms with Crippen molar-refractivity contribution in [1.82, 2.24) is 0 Å². The van der Waals surface area contributed by atoms with Crippen LogP contribution in [0.5, 0.6) is 11.5 Å². The first-order valence-electron chi connectivity index (χ1n) is 6.34. The van der Waals surface area contributed by atoms with Gasteiger partial charge in [0.1, 0.15) is 11.5 Å². The molecule has 0 saturated carbocycles. The Morgan fingerprint density at radius 2 is 1.09 bits per heavy atom.